The molecule has 1 aliphatic heterocycles. The molecule has 2 N–H and O–H groups in total. The molecule has 0 radical (unpaired) electrons. The predicted molar refractivity (Wildman–Crippen MR) is 76.9 cm³/mol. The minimum Gasteiger partial charge on any atom is -0.379 e. The fourth-order valence-electron chi connectivity index (χ4n) is 3.86. The van der Waals surface area contributed by atoms with E-state index in [1.165, 1.54) is 12.1 Å². The van der Waals surface area contributed by atoms with Crippen LogP contribution in [0, 0.1) is 11.6 Å². The van der Waals surface area contributed by atoms with Gasteiger partial charge in [0.2, 0.25) is 0 Å². The number of nitrogens with zero attached hydrogens (tertiary/aromatic N) is 1. The number of morpholine rings is 1. The molecule has 1 unspecified atom stereocenters. The van der Waals surface area contributed by atoms with E-state index in [1.54, 1.807) is 0 Å². The number of hydrogen-bond donors (Lipinski definition) is 1. The molecule has 116 valence electrons. The van der Waals surface area contributed by atoms with Gasteiger partial charge in [-0.1, -0.05) is 18.9 Å². The summed E-state index contributed by atoms with van der Waals surface area (Å²) in [5, 5.41) is 0. The highest BCUT2D eigenvalue weighted by atomic mass is 19.1. The minimum atomic E-state index is -0.560. The highest BCUT2D eigenvalue weighted by Gasteiger charge is 2.46. The van der Waals surface area contributed by atoms with E-state index < -0.39 is 17.7 Å². The first-order valence-corrected chi connectivity index (χ1v) is 7.67. The molecule has 3 nitrogen and oxygen atoms in total. The zero-order valence-corrected chi connectivity index (χ0v) is 12.2. The van der Waals surface area contributed by atoms with Gasteiger partial charge in [-0.15, -0.1) is 0 Å². The number of ether oxygens (including phenoxy) is 1. The number of nitrogens with two attached hydrogens (primary N) is 1. The molecular formula is C16H22F2N2O. The van der Waals surface area contributed by atoms with Crippen LogP contribution in [-0.4, -0.2) is 36.7 Å². The second kappa shape index (κ2) is 5.99. The van der Waals surface area contributed by atoms with Crippen molar-refractivity contribution in [3.05, 3.63) is 35.4 Å². The summed E-state index contributed by atoms with van der Waals surface area (Å²) in [6.45, 7) is 3.05. The average molecular weight is 296 g/mol. The Morgan fingerprint density at radius 2 is 1.81 bits per heavy atom. The van der Waals surface area contributed by atoms with Crippen molar-refractivity contribution in [2.45, 2.75) is 37.3 Å². The molecule has 3 rings (SSSR count). The summed E-state index contributed by atoms with van der Waals surface area (Å²) in [6, 6.07) is 3.28. The number of hydrogen-bond acceptors (Lipinski definition) is 3. The Bertz CT molecular complexity index is 497. The van der Waals surface area contributed by atoms with E-state index >= 15 is 0 Å². The number of benzene rings is 1. The van der Waals surface area contributed by atoms with E-state index in [1.807, 2.05) is 0 Å². The molecule has 1 aromatic carbocycles. The van der Waals surface area contributed by atoms with Crippen LogP contribution < -0.4 is 5.73 Å². The molecule has 21 heavy (non-hydrogen) atoms. The van der Waals surface area contributed by atoms with Gasteiger partial charge in [-0.3, -0.25) is 4.90 Å². The normalized spacial score (nSPS) is 24.1. The van der Waals surface area contributed by atoms with Crippen LogP contribution in [0.5, 0.6) is 0 Å². The summed E-state index contributed by atoms with van der Waals surface area (Å²) in [7, 11) is 0. The highest BCUT2D eigenvalue weighted by Crippen LogP contribution is 2.44. The summed E-state index contributed by atoms with van der Waals surface area (Å²) in [4.78, 5) is 2.36. The second-order valence-electron chi connectivity index (χ2n) is 6.05. The van der Waals surface area contributed by atoms with Gasteiger partial charge in [-0.05, 0) is 18.9 Å². The zero-order chi connectivity index (χ0) is 14.9. The number of rotatable bonds is 3. The third-order valence-electron chi connectivity index (χ3n) is 4.99. The lowest BCUT2D eigenvalue weighted by molar-refractivity contribution is -0.0315. The van der Waals surface area contributed by atoms with Crippen molar-refractivity contribution in [1.82, 2.24) is 4.90 Å². The Morgan fingerprint density at radius 1 is 1.14 bits per heavy atom. The topological polar surface area (TPSA) is 38.5 Å². The maximum atomic E-state index is 14.1. The molecule has 1 saturated carbocycles. The van der Waals surface area contributed by atoms with E-state index in [4.69, 9.17) is 10.5 Å². The summed E-state index contributed by atoms with van der Waals surface area (Å²) in [5.74, 6) is -1.10. The van der Waals surface area contributed by atoms with Gasteiger partial charge in [-0.25, -0.2) is 8.78 Å². The first-order chi connectivity index (χ1) is 10.1. The van der Waals surface area contributed by atoms with Crippen LogP contribution in [0.2, 0.25) is 0 Å². The van der Waals surface area contributed by atoms with Gasteiger partial charge in [-0.2, -0.15) is 0 Å². The van der Waals surface area contributed by atoms with Gasteiger partial charge >= 0.3 is 0 Å². The molecule has 2 fully saturated rings. The third-order valence-corrected chi connectivity index (χ3v) is 4.99. The van der Waals surface area contributed by atoms with Crippen LogP contribution in [0.15, 0.2) is 18.2 Å². The molecule has 5 heteroatoms. The van der Waals surface area contributed by atoms with Crippen molar-refractivity contribution in [2.24, 2.45) is 5.73 Å². The van der Waals surface area contributed by atoms with Crippen LogP contribution in [0.25, 0.3) is 0 Å². The summed E-state index contributed by atoms with van der Waals surface area (Å²) in [6.07, 6.45) is 4.14. The molecule has 1 aromatic rings. The Labute approximate surface area is 124 Å². The van der Waals surface area contributed by atoms with Crippen molar-refractivity contribution in [1.29, 1.82) is 0 Å². The third kappa shape index (κ3) is 2.70. The quantitative estimate of drug-likeness (QED) is 0.932. The van der Waals surface area contributed by atoms with Gasteiger partial charge in [0.05, 0.1) is 19.3 Å². The number of halogens is 2. The maximum Gasteiger partial charge on any atom is 0.130 e. The SMILES string of the molecule is NC(c1ccc(F)cc1F)C1(N2CCOCC2)CCCC1. The molecule has 1 heterocycles. The standard InChI is InChI=1S/C16H22F2N2O/c17-12-3-4-13(14(18)11-12)15(19)16(5-1-2-6-16)20-7-9-21-10-8-20/h3-4,11,15H,1-2,5-10,19H2. The fourth-order valence-corrected chi connectivity index (χ4v) is 3.86. The van der Waals surface area contributed by atoms with Crippen LogP contribution >= 0.6 is 0 Å². The zero-order valence-electron chi connectivity index (χ0n) is 12.2. The Balaban J connectivity index is 1.92. The molecule has 1 aliphatic carbocycles. The van der Waals surface area contributed by atoms with E-state index in [0.717, 1.165) is 44.8 Å². The summed E-state index contributed by atoms with van der Waals surface area (Å²) < 4.78 is 32.7. The van der Waals surface area contributed by atoms with E-state index in [2.05, 4.69) is 4.90 Å². The van der Waals surface area contributed by atoms with Crippen molar-refractivity contribution >= 4 is 0 Å². The molecule has 0 aromatic heterocycles. The van der Waals surface area contributed by atoms with Gasteiger partial charge < -0.3 is 10.5 Å². The van der Waals surface area contributed by atoms with Gasteiger partial charge in [0.25, 0.3) is 0 Å². The lowest BCUT2D eigenvalue weighted by Gasteiger charge is -2.47. The van der Waals surface area contributed by atoms with E-state index in [9.17, 15) is 8.78 Å². The predicted octanol–water partition coefficient (Wildman–Crippen LogP) is 2.61. The van der Waals surface area contributed by atoms with Gasteiger partial charge in [0.15, 0.2) is 0 Å². The lowest BCUT2D eigenvalue weighted by atomic mass is 9.82. The Kier molecular flexibility index (Phi) is 4.24. The summed E-state index contributed by atoms with van der Waals surface area (Å²) >= 11 is 0. The maximum absolute atomic E-state index is 14.1. The molecule has 1 saturated heterocycles. The van der Waals surface area contributed by atoms with E-state index in [-0.39, 0.29) is 5.54 Å². The monoisotopic (exact) mass is 296 g/mol. The Morgan fingerprint density at radius 3 is 2.43 bits per heavy atom. The largest absolute Gasteiger partial charge is 0.379 e. The van der Waals surface area contributed by atoms with Crippen molar-refractivity contribution in [3.8, 4) is 0 Å². The second-order valence-corrected chi connectivity index (χ2v) is 6.05. The average Bonchev–Trinajstić information content (AvgIpc) is 2.98. The molecule has 0 amide bonds. The van der Waals surface area contributed by atoms with Crippen LogP contribution in [-0.2, 0) is 4.74 Å². The van der Waals surface area contributed by atoms with Crippen molar-refractivity contribution in [3.63, 3.8) is 0 Å². The van der Waals surface area contributed by atoms with Crippen LogP contribution in [0.3, 0.4) is 0 Å². The van der Waals surface area contributed by atoms with Gasteiger partial charge in [0, 0.05) is 30.3 Å². The molecule has 0 bridgehead atoms. The molecular weight excluding hydrogens is 274 g/mol. The first kappa shape index (κ1) is 14.9. The Hall–Kier alpha value is -1.04. The van der Waals surface area contributed by atoms with Crippen molar-refractivity contribution < 1.29 is 13.5 Å². The molecule has 1 atom stereocenters. The molecule has 2 aliphatic rings. The smallest absolute Gasteiger partial charge is 0.130 e. The van der Waals surface area contributed by atoms with Gasteiger partial charge in [0.1, 0.15) is 11.6 Å². The molecule has 0 spiro atoms. The van der Waals surface area contributed by atoms with Crippen LogP contribution in [0.1, 0.15) is 37.3 Å². The lowest BCUT2D eigenvalue weighted by Crippen LogP contribution is -2.57. The van der Waals surface area contributed by atoms with Crippen LogP contribution in [0.4, 0.5) is 8.78 Å². The first-order valence-electron chi connectivity index (χ1n) is 7.67. The minimum absolute atomic E-state index is 0.220. The van der Waals surface area contributed by atoms with E-state index in [0.29, 0.717) is 18.8 Å². The van der Waals surface area contributed by atoms with Crippen molar-refractivity contribution in [2.75, 3.05) is 26.3 Å². The summed E-state index contributed by atoms with van der Waals surface area (Å²) in [5.41, 5.74) is 6.67. The highest BCUT2D eigenvalue weighted by molar-refractivity contribution is 5.26. The fraction of sp³-hybridized carbons (Fsp3) is 0.625.